The second kappa shape index (κ2) is 6.22. The molecule has 0 fully saturated rings. The Bertz CT molecular complexity index is 1100. The zero-order valence-electron chi connectivity index (χ0n) is 13.8. The number of imidazole rings is 1. The number of anilines is 2. The molecule has 130 valence electrons. The molecule has 0 aliphatic carbocycles. The number of aromatic nitrogens is 2. The van der Waals surface area contributed by atoms with Crippen molar-refractivity contribution in [1.29, 1.82) is 0 Å². The van der Waals surface area contributed by atoms with Crippen molar-refractivity contribution in [3.63, 3.8) is 0 Å². The van der Waals surface area contributed by atoms with Gasteiger partial charge in [-0.15, -0.1) is 0 Å². The van der Waals surface area contributed by atoms with Gasteiger partial charge in [0.15, 0.2) is 11.6 Å². The number of aryl methyl sites for hydroxylation is 1. The summed E-state index contributed by atoms with van der Waals surface area (Å²) in [7, 11) is 0. The van der Waals surface area contributed by atoms with Crippen molar-refractivity contribution in [2.45, 2.75) is 6.92 Å². The minimum absolute atomic E-state index is 0.344. The number of nitrogens with one attached hydrogen (secondary N) is 1. The Hall–Kier alpha value is -3.28. The van der Waals surface area contributed by atoms with Crippen LogP contribution in [0.5, 0.6) is 0 Å². The predicted molar refractivity (Wildman–Crippen MR) is 95.0 cm³/mol. The fourth-order valence-electron chi connectivity index (χ4n) is 2.89. The summed E-state index contributed by atoms with van der Waals surface area (Å²) in [5, 5.41) is 3.12. The zero-order valence-corrected chi connectivity index (χ0v) is 13.8. The molecule has 0 atom stereocenters. The number of fused-ring (bicyclic) bond motifs is 1. The molecule has 0 spiro atoms. The minimum Gasteiger partial charge on any atom is -0.339 e. The summed E-state index contributed by atoms with van der Waals surface area (Å²) < 4.78 is 42.0. The molecule has 3 nitrogen and oxygen atoms in total. The normalized spacial score (nSPS) is 11.1. The van der Waals surface area contributed by atoms with Gasteiger partial charge in [0.05, 0.1) is 0 Å². The van der Waals surface area contributed by atoms with Crippen molar-refractivity contribution in [2.75, 3.05) is 5.32 Å². The maximum atomic E-state index is 13.6. The third kappa shape index (κ3) is 2.79. The maximum Gasteiger partial charge on any atom is 0.160 e. The van der Waals surface area contributed by atoms with Gasteiger partial charge in [0, 0.05) is 23.0 Å². The van der Waals surface area contributed by atoms with Crippen molar-refractivity contribution in [3.05, 3.63) is 83.8 Å². The second-order valence-corrected chi connectivity index (χ2v) is 5.93. The van der Waals surface area contributed by atoms with E-state index in [0.717, 1.165) is 17.8 Å². The Morgan fingerprint density at radius 1 is 0.885 bits per heavy atom. The fourth-order valence-corrected chi connectivity index (χ4v) is 2.89. The molecule has 0 aliphatic rings. The van der Waals surface area contributed by atoms with Crippen LogP contribution in [0.2, 0.25) is 0 Å². The average molecular weight is 353 g/mol. The zero-order chi connectivity index (χ0) is 18.3. The van der Waals surface area contributed by atoms with Gasteiger partial charge in [-0.3, -0.25) is 4.40 Å². The molecule has 0 saturated heterocycles. The summed E-state index contributed by atoms with van der Waals surface area (Å²) in [6.45, 7) is 1.92. The topological polar surface area (TPSA) is 29.3 Å². The quantitative estimate of drug-likeness (QED) is 0.529. The number of benzene rings is 2. The molecule has 0 bridgehead atoms. The molecule has 2 heterocycles. The van der Waals surface area contributed by atoms with E-state index in [9.17, 15) is 13.2 Å². The van der Waals surface area contributed by atoms with Crippen LogP contribution in [0.3, 0.4) is 0 Å². The van der Waals surface area contributed by atoms with E-state index in [1.807, 2.05) is 29.5 Å². The Balaban J connectivity index is 1.91. The lowest BCUT2D eigenvalue weighted by molar-refractivity contribution is 0.509. The number of pyridine rings is 1. The van der Waals surface area contributed by atoms with Gasteiger partial charge in [-0.1, -0.05) is 6.07 Å². The number of nitrogens with zero attached hydrogens (tertiary/aromatic N) is 2. The highest BCUT2D eigenvalue weighted by atomic mass is 19.2. The lowest BCUT2D eigenvalue weighted by Gasteiger charge is -2.11. The van der Waals surface area contributed by atoms with E-state index in [1.54, 1.807) is 12.1 Å². The van der Waals surface area contributed by atoms with Gasteiger partial charge in [0.1, 0.15) is 23.0 Å². The molecule has 0 saturated carbocycles. The number of halogens is 3. The predicted octanol–water partition coefficient (Wildman–Crippen LogP) is 5.47. The molecular formula is C20H14F3N3. The van der Waals surface area contributed by atoms with E-state index >= 15 is 0 Å². The molecule has 6 heteroatoms. The monoisotopic (exact) mass is 353 g/mol. The SMILES string of the molecule is Cc1cccc2nc(-c3ccc(F)cc3)c(Nc3ccc(F)c(F)c3)n12. The van der Waals surface area contributed by atoms with Crippen LogP contribution in [-0.2, 0) is 0 Å². The summed E-state index contributed by atoms with van der Waals surface area (Å²) >= 11 is 0. The molecule has 0 aliphatic heterocycles. The number of rotatable bonds is 3. The summed E-state index contributed by atoms with van der Waals surface area (Å²) in [5.74, 6) is -1.60. The largest absolute Gasteiger partial charge is 0.339 e. The standard InChI is InChI=1S/C20H14F3N3/c1-12-3-2-4-18-25-19(13-5-7-14(21)8-6-13)20(26(12)18)24-15-9-10-16(22)17(23)11-15/h2-11,24H,1H3. The fraction of sp³-hybridized carbons (Fsp3) is 0.0500. The van der Waals surface area contributed by atoms with Gasteiger partial charge < -0.3 is 5.32 Å². The number of hydrogen-bond acceptors (Lipinski definition) is 2. The van der Waals surface area contributed by atoms with Gasteiger partial charge in [-0.25, -0.2) is 18.2 Å². The number of hydrogen-bond donors (Lipinski definition) is 1. The van der Waals surface area contributed by atoms with Gasteiger partial charge in [0.2, 0.25) is 0 Å². The highest BCUT2D eigenvalue weighted by Gasteiger charge is 2.16. The summed E-state index contributed by atoms with van der Waals surface area (Å²) in [6.07, 6.45) is 0. The van der Waals surface area contributed by atoms with Gasteiger partial charge in [-0.05, 0) is 55.5 Å². The highest BCUT2D eigenvalue weighted by Crippen LogP contribution is 2.32. The van der Waals surface area contributed by atoms with E-state index in [2.05, 4.69) is 10.3 Å². The summed E-state index contributed by atoms with van der Waals surface area (Å²) in [6, 6.07) is 15.2. The van der Waals surface area contributed by atoms with Crippen molar-refractivity contribution >= 4 is 17.2 Å². The smallest absolute Gasteiger partial charge is 0.160 e. The van der Waals surface area contributed by atoms with Crippen LogP contribution in [0.25, 0.3) is 16.9 Å². The highest BCUT2D eigenvalue weighted by molar-refractivity contribution is 5.80. The minimum atomic E-state index is -0.941. The van der Waals surface area contributed by atoms with Crippen molar-refractivity contribution < 1.29 is 13.2 Å². The van der Waals surface area contributed by atoms with Gasteiger partial charge >= 0.3 is 0 Å². The Morgan fingerprint density at radius 2 is 1.65 bits per heavy atom. The second-order valence-electron chi connectivity index (χ2n) is 5.93. The van der Waals surface area contributed by atoms with Crippen LogP contribution < -0.4 is 5.32 Å². The van der Waals surface area contributed by atoms with E-state index in [4.69, 9.17) is 0 Å². The first-order valence-electron chi connectivity index (χ1n) is 7.99. The molecule has 4 rings (SSSR count). The Labute approximate surface area is 147 Å². The van der Waals surface area contributed by atoms with Crippen LogP contribution in [0, 0.1) is 24.4 Å². The van der Waals surface area contributed by atoms with Crippen LogP contribution >= 0.6 is 0 Å². The van der Waals surface area contributed by atoms with Crippen LogP contribution in [0.4, 0.5) is 24.7 Å². The third-order valence-electron chi connectivity index (χ3n) is 4.14. The third-order valence-corrected chi connectivity index (χ3v) is 4.14. The molecule has 0 amide bonds. The molecule has 1 N–H and O–H groups in total. The molecule has 0 radical (unpaired) electrons. The first-order valence-corrected chi connectivity index (χ1v) is 7.99. The van der Waals surface area contributed by atoms with E-state index < -0.39 is 11.6 Å². The maximum absolute atomic E-state index is 13.6. The lowest BCUT2D eigenvalue weighted by atomic mass is 10.1. The van der Waals surface area contributed by atoms with E-state index in [1.165, 1.54) is 18.2 Å². The van der Waals surface area contributed by atoms with Crippen molar-refractivity contribution in [1.82, 2.24) is 9.38 Å². The van der Waals surface area contributed by atoms with E-state index in [0.29, 0.717) is 28.4 Å². The molecular weight excluding hydrogens is 339 g/mol. The first-order chi connectivity index (χ1) is 12.5. The van der Waals surface area contributed by atoms with Gasteiger partial charge in [0.25, 0.3) is 0 Å². The van der Waals surface area contributed by atoms with Crippen molar-refractivity contribution in [3.8, 4) is 11.3 Å². The summed E-state index contributed by atoms with van der Waals surface area (Å²) in [4.78, 5) is 4.62. The molecule has 0 unspecified atom stereocenters. The van der Waals surface area contributed by atoms with Crippen molar-refractivity contribution in [2.24, 2.45) is 0 Å². The Kier molecular flexibility index (Phi) is 3.88. The van der Waals surface area contributed by atoms with E-state index in [-0.39, 0.29) is 5.82 Å². The Morgan fingerprint density at radius 3 is 2.38 bits per heavy atom. The summed E-state index contributed by atoms with van der Waals surface area (Å²) in [5.41, 5.74) is 3.28. The molecule has 2 aromatic heterocycles. The average Bonchev–Trinajstić information content (AvgIpc) is 2.99. The molecule has 2 aromatic carbocycles. The first kappa shape index (κ1) is 16.2. The van der Waals surface area contributed by atoms with Crippen LogP contribution in [-0.4, -0.2) is 9.38 Å². The molecule has 26 heavy (non-hydrogen) atoms. The lowest BCUT2D eigenvalue weighted by Crippen LogP contribution is -2.00. The van der Waals surface area contributed by atoms with Crippen LogP contribution in [0.15, 0.2) is 60.7 Å². The molecule has 4 aromatic rings. The van der Waals surface area contributed by atoms with Crippen LogP contribution in [0.1, 0.15) is 5.69 Å². The van der Waals surface area contributed by atoms with Gasteiger partial charge in [-0.2, -0.15) is 0 Å².